The fourth-order valence-corrected chi connectivity index (χ4v) is 2.79. The average Bonchev–Trinajstić information content (AvgIpc) is 2.65. The maximum Gasteiger partial charge on any atom is 0.384 e. The molecule has 0 aromatic heterocycles. The van der Waals surface area contributed by atoms with Crippen LogP contribution in [-0.4, -0.2) is 66.1 Å². The van der Waals surface area contributed by atoms with E-state index >= 15 is 0 Å². The normalized spacial score (nSPS) is 12.5. The van der Waals surface area contributed by atoms with Gasteiger partial charge in [-0.2, -0.15) is 30.7 Å². The molecule has 1 N–H and O–H groups in total. The molecule has 30 heavy (non-hydrogen) atoms. The van der Waals surface area contributed by atoms with Crippen LogP contribution in [0, 0.1) is 11.3 Å². The molecule has 0 aliphatic rings. The van der Waals surface area contributed by atoms with Crippen LogP contribution in [0.25, 0.3) is 6.08 Å². The van der Waals surface area contributed by atoms with Crippen molar-refractivity contribution in [2.45, 2.75) is 13.3 Å². The van der Waals surface area contributed by atoms with E-state index in [1.807, 2.05) is 6.92 Å². The fraction of sp³-hybridized carbons (Fsp3) is 0.412. The molecule has 0 atom stereocenters. The summed E-state index contributed by atoms with van der Waals surface area (Å²) < 4.78 is 59.8. The van der Waals surface area contributed by atoms with E-state index in [9.17, 15) is 26.9 Å². The van der Waals surface area contributed by atoms with Crippen molar-refractivity contribution in [1.29, 1.82) is 5.26 Å². The summed E-state index contributed by atoms with van der Waals surface area (Å²) in [5.41, 5.74) is -0.00352. The lowest BCUT2D eigenvalue weighted by Crippen LogP contribution is -2.29. The fourth-order valence-electron chi connectivity index (χ4n) is 1.77. The van der Waals surface area contributed by atoms with Crippen LogP contribution in [0.1, 0.15) is 18.9 Å². The predicted molar refractivity (Wildman–Crippen MR) is 110 cm³/mol. The third-order valence-electron chi connectivity index (χ3n) is 3.46. The first-order chi connectivity index (χ1) is 13.8. The molecule has 0 aliphatic heterocycles. The van der Waals surface area contributed by atoms with Gasteiger partial charge < -0.3 is 13.7 Å². The van der Waals surface area contributed by atoms with Gasteiger partial charge >= 0.3 is 20.6 Å². The van der Waals surface area contributed by atoms with Crippen molar-refractivity contribution in [3.05, 3.63) is 29.3 Å². The number of carbonyl (C=O) groups excluding carboxylic acids is 1. The molecule has 1 aromatic rings. The van der Waals surface area contributed by atoms with Crippen LogP contribution >= 0.6 is 0 Å². The van der Waals surface area contributed by atoms with Gasteiger partial charge in [0.05, 0.1) is 0 Å². The Balaban J connectivity index is 3.46. The monoisotopic (exact) mass is 460 g/mol. The number of nitrogens with zero attached hydrogens (tertiary/aromatic N) is 3. The number of benzene rings is 1. The summed E-state index contributed by atoms with van der Waals surface area (Å²) in [4.78, 5) is 12.0. The van der Waals surface area contributed by atoms with E-state index in [1.54, 1.807) is 6.07 Å². The van der Waals surface area contributed by atoms with E-state index in [1.165, 1.54) is 40.3 Å². The molecule has 1 rings (SSSR count). The molecule has 0 bridgehead atoms. The summed E-state index contributed by atoms with van der Waals surface area (Å²) in [5, 5.41) is 11.8. The zero-order valence-electron chi connectivity index (χ0n) is 17.2. The lowest BCUT2D eigenvalue weighted by Gasteiger charge is -2.17. The van der Waals surface area contributed by atoms with Gasteiger partial charge in [-0.1, -0.05) is 13.0 Å². The van der Waals surface area contributed by atoms with Crippen molar-refractivity contribution >= 4 is 32.6 Å². The molecule has 1 amide bonds. The van der Waals surface area contributed by atoms with Crippen molar-refractivity contribution in [1.82, 2.24) is 13.9 Å². The summed E-state index contributed by atoms with van der Waals surface area (Å²) in [6.45, 7) is 2.23. The number of hydrogen-bond acceptors (Lipinski definition) is 8. The quantitative estimate of drug-likeness (QED) is 0.392. The van der Waals surface area contributed by atoms with E-state index < -0.39 is 32.3 Å². The van der Waals surface area contributed by atoms with E-state index in [4.69, 9.17) is 8.37 Å². The minimum atomic E-state index is -4.25. The Morgan fingerprint density at radius 1 is 1.07 bits per heavy atom. The Morgan fingerprint density at radius 2 is 1.60 bits per heavy atom. The smallest absolute Gasteiger partial charge is 0.367 e. The summed E-state index contributed by atoms with van der Waals surface area (Å²) in [7, 11) is -3.53. The second-order valence-electron chi connectivity index (χ2n) is 6.28. The Hall–Kier alpha value is -2.66. The van der Waals surface area contributed by atoms with E-state index in [-0.39, 0.29) is 16.9 Å². The predicted octanol–water partition coefficient (Wildman–Crippen LogP) is 0.490. The summed E-state index contributed by atoms with van der Waals surface area (Å²) >= 11 is 0. The van der Waals surface area contributed by atoms with E-state index in [2.05, 4.69) is 5.32 Å². The zero-order chi connectivity index (χ0) is 23.1. The molecule has 0 saturated carbocycles. The maximum absolute atomic E-state index is 12.1. The van der Waals surface area contributed by atoms with Gasteiger partial charge in [0.1, 0.15) is 11.6 Å². The average molecular weight is 461 g/mol. The summed E-state index contributed by atoms with van der Waals surface area (Å²) in [5.74, 6) is -1.42. The lowest BCUT2D eigenvalue weighted by atomic mass is 10.1. The van der Waals surface area contributed by atoms with Crippen molar-refractivity contribution in [2.24, 2.45) is 0 Å². The van der Waals surface area contributed by atoms with Crippen LogP contribution in [0.2, 0.25) is 0 Å². The van der Waals surface area contributed by atoms with Gasteiger partial charge in [-0.15, -0.1) is 0 Å². The van der Waals surface area contributed by atoms with Gasteiger partial charge in [0.2, 0.25) is 0 Å². The zero-order valence-corrected chi connectivity index (χ0v) is 18.9. The first-order valence-electron chi connectivity index (χ1n) is 8.62. The Kier molecular flexibility index (Phi) is 8.79. The molecule has 11 nitrogen and oxygen atoms in total. The van der Waals surface area contributed by atoms with Crippen molar-refractivity contribution in [3.63, 3.8) is 0 Å². The van der Waals surface area contributed by atoms with Crippen molar-refractivity contribution in [3.8, 4) is 17.6 Å². The van der Waals surface area contributed by atoms with Gasteiger partial charge in [-0.05, 0) is 30.2 Å². The Morgan fingerprint density at radius 3 is 2.07 bits per heavy atom. The highest BCUT2D eigenvalue weighted by Crippen LogP contribution is 2.32. The second kappa shape index (κ2) is 10.4. The maximum atomic E-state index is 12.1. The minimum absolute atomic E-state index is 0.219. The minimum Gasteiger partial charge on any atom is -0.367 e. The van der Waals surface area contributed by atoms with Crippen LogP contribution < -0.4 is 13.7 Å². The molecule has 0 spiro atoms. The van der Waals surface area contributed by atoms with Crippen LogP contribution in [0.4, 0.5) is 0 Å². The molecular formula is C17H24N4O7S2. The van der Waals surface area contributed by atoms with Gasteiger partial charge in [-0.3, -0.25) is 4.79 Å². The van der Waals surface area contributed by atoms with Crippen LogP contribution in [-0.2, 0) is 25.4 Å². The van der Waals surface area contributed by atoms with Gasteiger partial charge in [0, 0.05) is 34.7 Å². The topological polar surface area (TPSA) is 146 Å². The van der Waals surface area contributed by atoms with Gasteiger partial charge in [-0.25, -0.2) is 0 Å². The number of amides is 1. The SMILES string of the molecule is CCCNC(=O)/C(C#N)=C/c1ccc(OS(=O)(=O)N(C)C)c(OS(=O)(=O)N(C)C)c1. The number of nitriles is 1. The third kappa shape index (κ3) is 6.99. The standard InChI is InChI=1S/C17H24N4O7S2/c1-6-9-19-17(22)14(12-18)10-13-7-8-15(27-29(23,24)20(2)3)16(11-13)28-30(25,26)21(4)5/h7-8,10-11H,6,9H2,1-5H3,(H,19,22)/b14-10+. The van der Waals surface area contributed by atoms with Crippen molar-refractivity contribution < 1.29 is 30.0 Å². The summed E-state index contributed by atoms with van der Waals surface area (Å²) in [6.07, 6.45) is 1.89. The third-order valence-corrected chi connectivity index (χ3v) is 6.03. The largest absolute Gasteiger partial charge is 0.384 e. The molecule has 0 fully saturated rings. The molecule has 166 valence electrons. The van der Waals surface area contributed by atoms with Crippen LogP contribution in [0.15, 0.2) is 23.8 Å². The number of rotatable bonds is 10. The second-order valence-corrected chi connectivity index (χ2v) is 9.78. The molecule has 0 heterocycles. The molecule has 0 aliphatic carbocycles. The van der Waals surface area contributed by atoms with Gasteiger partial charge in [0.15, 0.2) is 11.5 Å². The molecular weight excluding hydrogens is 436 g/mol. The van der Waals surface area contributed by atoms with Gasteiger partial charge in [0.25, 0.3) is 5.91 Å². The molecule has 1 aromatic carbocycles. The van der Waals surface area contributed by atoms with E-state index in [0.29, 0.717) is 13.0 Å². The molecule has 0 unspecified atom stereocenters. The molecule has 0 radical (unpaired) electrons. The highest BCUT2D eigenvalue weighted by atomic mass is 32.2. The summed E-state index contributed by atoms with van der Waals surface area (Å²) in [6, 6.07) is 5.41. The number of nitrogens with one attached hydrogen (secondary N) is 1. The van der Waals surface area contributed by atoms with Crippen LogP contribution in [0.5, 0.6) is 11.5 Å². The first-order valence-corrected chi connectivity index (χ1v) is 11.3. The van der Waals surface area contributed by atoms with E-state index in [0.717, 1.165) is 20.7 Å². The molecule has 13 heteroatoms. The highest BCUT2D eigenvalue weighted by molar-refractivity contribution is 7.85. The number of carbonyl (C=O) groups is 1. The lowest BCUT2D eigenvalue weighted by molar-refractivity contribution is -0.117. The Labute approximate surface area is 177 Å². The number of hydrogen-bond donors (Lipinski definition) is 1. The highest BCUT2D eigenvalue weighted by Gasteiger charge is 2.24. The first kappa shape index (κ1) is 25.4. The Bertz CT molecular complexity index is 1060. The molecule has 0 saturated heterocycles. The van der Waals surface area contributed by atoms with Crippen LogP contribution in [0.3, 0.4) is 0 Å². The van der Waals surface area contributed by atoms with Crippen molar-refractivity contribution in [2.75, 3.05) is 34.7 Å².